The Bertz CT molecular complexity index is 1200. The van der Waals surface area contributed by atoms with Gasteiger partial charge in [-0.2, -0.15) is 5.10 Å². The van der Waals surface area contributed by atoms with E-state index >= 15 is 0 Å². The number of nitrogens with one attached hydrogen (secondary N) is 2. The van der Waals surface area contributed by atoms with E-state index in [4.69, 9.17) is 4.74 Å². The molecular weight excluding hydrogens is 481 g/mol. The van der Waals surface area contributed by atoms with E-state index in [2.05, 4.69) is 31.8 Å². The quantitative estimate of drug-likeness (QED) is 0.181. The molecule has 0 radical (unpaired) electrons. The molecule has 0 aliphatic heterocycles. The molecule has 32 heavy (non-hydrogen) atoms. The fraction of sp³-hybridized carbons (Fsp3) is 0.0435. The highest BCUT2D eigenvalue weighted by Gasteiger charge is 2.14. The summed E-state index contributed by atoms with van der Waals surface area (Å²) in [6, 6.07) is 16.8. The summed E-state index contributed by atoms with van der Waals surface area (Å²) >= 11 is 3.32. The van der Waals surface area contributed by atoms with E-state index in [1.807, 2.05) is 13.0 Å². The molecule has 0 heterocycles. The lowest BCUT2D eigenvalue weighted by molar-refractivity contribution is -0.136. The van der Waals surface area contributed by atoms with Crippen molar-refractivity contribution < 1.29 is 23.5 Å². The van der Waals surface area contributed by atoms with E-state index < -0.39 is 23.6 Å². The van der Waals surface area contributed by atoms with Crippen molar-refractivity contribution in [1.29, 1.82) is 0 Å². The Kier molecular flexibility index (Phi) is 7.45. The van der Waals surface area contributed by atoms with Gasteiger partial charge in [0.15, 0.2) is 0 Å². The normalized spacial score (nSPS) is 10.6. The van der Waals surface area contributed by atoms with Crippen LogP contribution in [0.1, 0.15) is 21.5 Å². The zero-order chi connectivity index (χ0) is 23.1. The zero-order valence-corrected chi connectivity index (χ0v) is 18.4. The van der Waals surface area contributed by atoms with Crippen LogP contribution in [-0.4, -0.2) is 24.0 Å². The topological polar surface area (TPSA) is 96.9 Å². The van der Waals surface area contributed by atoms with Gasteiger partial charge in [-0.25, -0.2) is 14.6 Å². The number of nitrogens with zero attached hydrogens (tertiary/aromatic N) is 1. The van der Waals surface area contributed by atoms with E-state index in [1.54, 1.807) is 36.4 Å². The summed E-state index contributed by atoms with van der Waals surface area (Å²) < 4.78 is 19.1. The SMILES string of the molecule is Cc1cccc(C(=O)Oc2ccc(Br)cc2C=NNC(=O)C(=O)Nc2ccc(F)cc2)c1. The van der Waals surface area contributed by atoms with Gasteiger partial charge in [-0.1, -0.05) is 33.6 Å². The van der Waals surface area contributed by atoms with Crippen LogP contribution in [0.2, 0.25) is 0 Å². The number of ether oxygens (including phenoxy) is 1. The predicted molar refractivity (Wildman–Crippen MR) is 121 cm³/mol. The lowest BCUT2D eigenvalue weighted by atomic mass is 10.1. The number of aryl methyl sites for hydroxylation is 1. The summed E-state index contributed by atoms with van der Waals surface area (Å²) in [6.45, 7) is 1.86. The highest BCUT2D eigenvalue weighted by atomic mass is 79.9. The molecule has 7 nitrogen and oxygen atoms in total. The minimum Gasteiger partial charge on any atom is -0.422 e. The highest BCUT2D eigenvalue weighted by Crippen LogP contribution is 2.23. The van der Waals surface area contributed by atoms with Crippen LogP contribution in [0.3, 0.4) is 0 Å². The monoisotopic (exact) mass is 497 g/mol. The Balaban J connectivity index is 1.66. The van der Waals surface area contributed by atoms with Crippen LogP contribution in [0.25, 0.3) is 0 Å². The van der Waals surface area contributed by atoms with Crippen molar-refractivity contribution in [2.75, 3.05) is 5.32 Å². The average Bonchev–Trinajstić information content (AvgIpc) is 2.77. The first-order valence-electron chi connectivity index (χ1n) is 9.30. The van der Waals surface area contributed by atoms with Gasteiger partial charge in [-0.3, -0.25) is 9.59 Å². The first-order valence-corrected chi connectivity index (χ1v) is 10.1. The molecule has 3 aromatic rings. The number of carbonyl (C=O) groups is 3. The molecule has 0 atom stereocenters. The molecule has 3 aromatic carbocycles. The first kappa shape index (κ1) is 22.8. The number of benzene rings is 3. The molecule has 9 heteroatoms. The summed E-state index contributed by atoms with van der Waals surface area (Å²) in [6.07, 6.45) is 1.24. The molecule has 0 unspecified atom stereocenters. The van der Waals surface area contributed by atoms with Crippen LogP contribution in [0.5, 0.6) is 5.75 Å². The van der Waals surface area contributed by atoms with E-state index in [1.165, 1.54) is 18.3 Å². The number of hydrogen-bond acceptors (Lipinski definition) is 5. The number of anilines is 1. The maximum Gasteiger partial charge on any atom is 0.343 e. The number of amides is 2. The minimum atomic E-state index is -1.03. The van der Waals surface area contributed by atoms with Crippen LogP contribution >= 0.6 is 15.9 Å². The zero-order valence-electron chi connectivity index (χ0n) is 16.8. The van der Waals surface area contributed by atoms with Crippen LogP contribution in [-0.2, 0) is 9.59 Å². The lowest BCUT2D eigenvalue weighted by Gasteiger charge is -2.08. The van der Waals surface area contributed by atoms with E-state index in [0.29, 0.717) is 15.6 Å². The molecule has 0 aromatic heterocycles. The summed E-state index contributed by atoms with van der Waals surface area (Å²) in [5.41, 5.74) is 4.04. The fourth-order valence-electron chi connectivity index (χ4n) is 2.58. The number of rotatable bonds is 5. The van der Waals surface area contributed by atoms with E-state index in [-0.39, 0.29) is 11.4 Å². The summed E-state index contributed by atoms with van der Waals surface area (Å²) in [5, 5.41) is 6.08. The van der Waals surface area contributed by atoms with Crippen molar-refractivity contribution in [2.45, 2.75) is 6.92 Å². The third-order valence-corrected chi connectivity index (χ3v) is 4.60. The van der Waals surface area contributed by atoms with Gasteiger partial charge in [0.2, 0.25) is 0 Å². The van der Waals surface area contributed by atoms with Crippen molar-refractivity contribution in [3.8, 4) is 5.75 Å². The Morgan fingerprint density at radius 3 is 2.47 bits per heavy atom. The maximum atomic E-state index is 12.9. The average molecular weight is 498 g/mol. The standard InChI is InChI=1S/C23H17BrFN3O4/c1-14-3-2-4-15(11-14)23(31)32-20-10-5-17(24)12-16(20)13-26-28-22(30)21(29)27-19-8-6-18(25)7-9-19/h2-13H,1H3,(H,27,29)(H,28,30). The first-order chi connectivity index (χ1) is 15.3. The van der Waals surface area contributed by atoms with Gasteiger partial charge < -0.3 is 10.1 Å². The van der Waals surface area contributed by atoms with Crippen LogP contribution in [0.15, 0.2) is 76.3 Å². The highest BCUT2D eigenvalue weighted by molar-refractivity contribution is 9.10. The Hall–Kier alpha value is -3.85. The van der Waals surface area contributed by atoms with Gasteiger partial charge in [0.1, 0.15) is 11.6 Å². The van der Waals surface area contributed by atoms with Crippen molar-refractivity contribution in [1.82, 2.24) is 5.43 Å². The molecule has 0 saturated heterocycles. The molecule has 2 amide bonds. The molecule has 0 saturated carbocycles. The number of halogens is 2. The van der Waals surface area contributed by atoms with Gasteiger partial charge in [0.25, 0.3) is 0 Å². The second kappa shape index (κ2) is 10.5. The van der Waals surface area contributed by atoms with Crippen LogP contribution in [0, 0.1) is 12.7 Å². The van der Waals surface area contributed by atoms with Crippen LogP contribution in [0.4, 0.5) is 10.1 Å². The third-order valence-electron chi connectivity index (χ3n) is 4.11. The summed E-state index contributed by atoms with van der Waals surface area (Å²) in [7, 11) is 0. The molecule has 0 bridgehead atoms. The van der Waals surface area contributed by atoms with Crippen LogP contribution < -0.4 is 15.5 Å². The van der Waals surface area contributed by atoms with Gasteiger partial charge in [-0.05, 0) is 61.5 Å². The number of hydrogen-bond donors (Lipinski definition) is 2. The van der Waals surface area contributed by atoms with E-state index in [0.717, 1.165) is 17.7 Å². The largest absolute Gasteiger partial charge is 0.422 e. The maximum absolute atomic E-state index is 12.9. The molecule has 3 rings (SSSR count). The number of esters is 1. The van der Waals surface area contributed by atoms with Gasteiger partial charge in [0.05, 0.1) is 11.8 Å². The second-order valence-electron chi connectivity index (χ2n) is 6.60. The lowest BCUT2D eigenvalue weighted by Crippen LogP contribution is -2.32. The minimum absolute atomic E-state index is 0.216. The molecular formula is C23H17BrFN3O4. The summed E-state index contributed by atoms with van der Waals surface area (Å²) in [4.78, 5) is 36.3. The van der Waals surface area contributed by atoms with Gasteiger partial charge >= 0.3 is 17.8 Å². The molecule has 0 fully saturated rings. The van der Waals surface area contributed by atoms with E-state index in [9.17, 15) is 18.8 Å². The Morgan fingerprint density at radius 2 is 1.75 bits per heavy atom. The van der Waals surface area contributed by atoms with Gasteiger partial charge in [0, 0.05) is 15.7 Å². The second-order valence-corrected chi connectivity index (χ2v) is 7.52. The summed E-state index contributed by atoms with van der Waals surface area (Å²) in [5.74, 6) is -2.81. The molecule has 162 valence electrons. The molecule has 0 aliphatic rings. The molecule has 2 N–H and O–H groups in total. The smallest absolute Gasteiger partial charge is 0.343 e. The Labute approximate surface area is 191 Å². The molecule has 0 spiro atoms. The van der Waals surface area contributed by atoms with Crippen molar-refractivity contribution in [3.05, 3.63) is 93.7 Å². The Morgan fingerprint density at radius 1 is 1.00 bits per heavy atom. The molecule has 0 aliphatic carbocycles. The fourth-order valence-corrected chi connectivity index (χ4v) is 2.96. The van der Waals surface area contributed by atoms with Crippen molar-refractivity contribution >= 4 is 45.6 Å². The van der Waals surface area contributed by atoms with Gasteiger partial charge in [-0.15, -0.1) is 0 Å². The third kappa shape index (κ3) is 6.32. The number of carbonyl (C=O) groups excluding carboxylic acids is 3. The van der Waals surface area contributed by atoms with Crippen molar-refractivity contribution in [3.63, 3.8) is 0 Å². The number of hydrazone groups is 1. The predicted octanol–water partition coefficient (Wildman–Crippen LogP) is 4.20. The van der Waals surface area contributed by atoms with Crippen molar-refractivity contribution in [2.24, 2.45) is 5.10 Å².